The van der Waals surface area contributed by atoms with E-state index in [4.69, 9.17) is 5.11 Å². The normalized spacial score (nSPS) is 10.6. The van der Waals surface area contributed by atoms with Gasteiger partial charge in [-0.1, -0.05) is 12.1 Å². The van der Waals surface area contributed by atoms with Crippen molar-refractivity contribution in [1.82, 2.24) is 9.78 Å². The molecule has 0 spiro atoms. The molecule has 1 aromatic carbocycles. The molecule has 6 heteroatoms. The molecule has 0 unspecified atom stereocenters. The molecule has 2 rings (SSSR count). The van der Waals surface area contributed by atoms with Gasteiger partial charge in [-0.25, -0.2) is 9.48 Å². The standard InChI is InChI=1S/C12H12N2O4/c1-18-12(17)9-4-2-3-8-7-13-14(5-6-15)11(16)10(8)9/h2-4,7,15H,5-6H2,1H3. The van der Waals surface area contributed by atoms with Gasteiger partial charge in [0.2, 0.25) is 0 Å². The van der Waals surface area contributed by atoms with Crippen LogP contribution in [0.4, 0.5) is 0 Å². The van der Waals surface area contributed by atoms with E-state index < -0.39 is 11.5 Å². The molecule has 0 atom stereocenters. The van der Waals surface area contributed by atoms with Crippen molar-refractivity contribution in [3.63, 3.8) is 0 Å². The van der Waals surface area contributed by atoms with Crippen LogP contribution in [-0.4, -0.2) is 34.6 Å². The second-order valence-corrected chi connectivity index (χ2v) is 3.66. The SMILES string of the molecule is COC(=O)c1cccc2cnn(CCO)c(=O)c12. The average Bonchev–Trinajstić information content (AvgIpc) is 2.40. The minimum atomic E-state index is -0.570. The van der Waals surface area contributed by atoms with Crippen LogP contribution in [0.25, 0.3) is 10.8 Å². The predicted molar refractivity (Wildman–Crippen MR) is 64.4 cm³/mol. The summed E-state index contributed by atoms with van der Waals surface area (Å²) in [7, 11) is 1.26. The molecule has 0 bridgehead atoms. The quantitative estimate of drug-likeness (QED) is 0.783. The van der Waals surface area contributed by atoms with Crippen molar-refractivity contribution >= 4 is 16.7 Å². The van der Waals surface area contributed by atoms with E-state index in [1.807, 2.05) is 0 Å². The predicted octanol–water partition coefficient (Wildman–Crippen LogP) is 0.175. The van der Waals surface area contributed by atoms with Gasteiger partial charge in [-0.15, -0.1) is 0 Å². The van der Waals surface area contributed by atoms with Crippen LogP contribution in [0.15, 0.2) is 29.2 Å². The van der Waals surface area contributed by atoms with Crippen molar-refractivity contribution in [3.05, 3.63) is 40.3 Å². The van der Waals surface area contributed by atoms with Gasteiger partial charge in [0.25, 0.3) is 5.56 Å². The summed E-state index contributed by atoms with van der Waals surface area (Å²) in [6.07, 6.45) is 1.48. The molecule has 94 valence electrons. The fraction of sp³-hybridized carbons (Fsp3) is 0.250. The van der Waals surface area contributed by atoms with Gasteiger partial charge in [0.05, 0.1) is 37.4 Å². The van der Waals surface area contributed by atoms with E-state index in [0.717, 1.165) is 4.68 Å². The molecule has 0 aliphatic carbocycles. The van der Waals surface area contributed by atoms with Crippen molar-refractivity contribution in [1.29, 1.82) is 0 Å². The fourth-order valence-electron chi connectivity index (χ4n) is 1.76. The zero-order valence-electron chi connectivity index (χ0n) is 9.79. The summed E-state index contributed by atoms with van der Waals surface area (Å²) in [4.78, 5) is 23.7. The Kier molecular flexibility index (Phi) is 3.38. The number of nitrogens with zero attached hydrogens (tertiary/aromatic N) is 2. The van der Waals surface area contributed by atoms with Crippen LogP contribution in [-0.2, 0) is 11.3 Å². The summed E-state index contributed by atoms with van der Waals surface area (Å²) in [5.41, 5.74) is -0.211. The van der Waals surface area contributed by atoms with Crippen LogP contribution in [0, 0.1) is 0 Å². The van der Waals surface area contributed by atoms with E-state index in [-0.39, 0.29) is 24.1 Å². The maximum Gasteiger partial charge on any atom is 0.338 e. The molecule has 18 heavy (non-hydrogen) atoms. The van der Waals surface area contributed by atoms with E-state index in [0.29, 0.717) is 5.39 Å². The Bertz CT molecular complexity index is 648. The van der Waals surface area contributed by atoms with Gasteiger partial charge in [0, 0.05) is 5.39 Å². The zero-order valence-corrected chi connectivity index (χ0v) is 9.79. The second-order valence-electron chi connectivity index (χ2n) is 3.66. The molecular formula is C12H12N2O4. The Hall–Kier alpha value is -2.21. The number of carbonyl (C=O) groups excluding carboxylic acids is 1. The highest BCUT2D eigenvalue weighted by atomic mass is 16.5. The van der Waals surface area contributed by atoms with E-state index >= 15 is 0 Å². The van der Waals surface area contributed by atoms with Gasteiger partial charge < -0.3 is 9.84 Å². The molecular weight excluding hydrogens is 236 g/mol. The monoisotopic (exact) mass is 248 g/mol. The third-order valence-corrected chi connectivity index (χ3v) is 2.60. The van der Waals surface area contributed by atoms with Crippen molar-refractivity contribution in [2.45, 2.75) is 6.54 Å². The summed E-state index contributed by atoms with van der Waals surface area (Å²) in [6.45, 7) is -0.108. The Labute approximate surface area is 102 Å². The summed E-state index contributed by atoms with van der Waals surface area (Å²) in [6, 6.07) is 4.88. The van der Waals surface area contributed by atoms with Crippen LogP contribution in [0.3, 0.4) is 0 Å². The first-order valence-corrected chi connectivity index (χ1v) is 5.37. The van der Waals surface area contributed by atoms with Crippen LogP contribution in [0.5, 0.6) is 0 Å². The smallest absolute Gasteiger partial charge is 0.338 e. The molecule has 0 saturated heterocycles. The highest BCUT2D eigenvalue weighted by Crippen LogP contribution is 2.14. The van der Waals surface area contributed by atoms with Gasteiger partial charge in [-0.3, -0.25) is 4.79 Å². The number of ether oxygens (including phenoxy) is 1. The lowest BCUT2D eigenvalue weighted by Gasteiger charge is -2.07. The number of rotatable bonds is 3. The number of benzene rings is 1. The van der Waals surface area contributed by atoms with Gasteiger partial charge in [0.1, 0.15) is 0 Å². The molecule has 2 aromatic rings. The first-order valence-electron chi connectivity index (χ1n) is 5.37. The van der Waals surface area contributed by atoms with E-state index in [1.165, 1.54) is 19.4 Å². The number of methoxy groups -OCH3 is 1. The molecule has 1 N–H and O–H groups in total. The second kappa shape index (κ2) is 4.97. The lowest BCUT2D eigenvalue weighted by atomic mass is 10.1. The lowest BCUT2D eigenvalue weighted by Crippen LogP contribution is -2.25. The minimum Gasteiger partial charge on any atom is -0.465 e. The fourth-order valence-corrected chi connectivity index (χ4v) is 1.76. The highest BCUT2D eigenvalue weighted by Gasteiger charge is 2.14. The minimum absolute atomic E-state index is 0.0876. The number of hydrogen-bond donors (Lipinski definition) is 1. The summed E-state index contributed by atoms with van der Waals surface area (Å²) in [5.74, 6) is -0.570. The van der Waals surface area contributed by atoms with Crippen molar-refractivity contribution in [2.24, 2.45) is 0 Å². The number of aliphatic hydroxyl groups excluding tert-OH is 1. The van der Waals surface area contributed by atoms with Crippen molar-refractivity contribution in [3.8, 4) is 0 Å². The van der Waals surface area contributed by atoms with Crippen LogP contribution in [0.1, 0.15) is 10.4 Å². The third kappa shape index (κ3) is 1.98. The molecule has 0 aliphatic rings. The molecule has 1 aromatic heterocycles. The summed E-state index contributed by atoms with van der Waals surface area (Å²) in [5, 5.41) is 13.6. The van der Waals surface area contributed by atoms with Crippen molar-refractivity contribution < 1.29 is 14.6 Å². The van der Waals surface area contributed by atoms with E-state index in [2.05, 4.69) is 9.84 Å². The van der Waals surface area contributed by atoms with Crippen LogP contribution in [0.2, 0.25) is 0 Å². The third-order valence-electron chi connectivity index (χ3n) is 2.60. The first-order chi connectivity index (χ1) is 8.69. The van der Waals surface area contributed by atoms with Gasteiger partial charge >= 0.3 is 5.97 Å². The molecule has 0 amide bonds. The Morgan fingerprint density at radius 3 is 2.94 bits per heavy atom. The Balaban J connectivity index is 2.77. The van der Waals surface area contributed by atoms with Gasteiger partial charge in [-0.05, 0) is 6.07 Å². The number of aliphatic hydroxyl groups is 1. The largest absolute Gasteiger partial charge is 0.465 e. The topological polar surface area (TPSA) is 81.4 Å². The van der Waals surface area contributed by atoms with Crippen LogP contribution < -0.4 is 5.56 Å². The Morgan fingerprint density at radius 2 is 2.28 bits per heavy atom. The number of carbonyl (C=O) groups is 1. The molecule has 1 heterocycles. The maximum atomic E-state index is 12.1. The van der Waals surface area contributed by atoms with E-state index in [1.54, 1.807) is 12.1 Å². The summed E-state index contributed by atoms with van der Waals surface area (Å²) < 4.78 is 5.76. The highest BCUT2D eigenvalue weighted by molar-refractivity contribution is 6.03. The van der Waals surface area contributed by atoms with Crippen molar-refractivity contribution in [2.75, 3.05) is 13.7 Å². The molecule has 0 fully saturated rings. The van der Waals surface area contributed by atoms with Crippen LogP contribution >= 0.6 is 0 Å². The molecule has 6 nitrogen and oxygen atoms in total. The van der Waals surface area contributed by atoms with Gasteiger partial charge in [0.15, 0.2) is 0 Å². The number of esters is 1. The zero-order chi connectivity index (χ0) is 13.1. The lowest BCUT2D eigenvalue weighted by molar-refractivity contribution is 0.0603. The number of hydrogen-bond acceptors (Lipinski definition) is 5. The average molecular weight is 248 g/mol. The summed E-state index contributed by atoms with van der Waals surface area (Å²) >= 11 is 0. The number of fused-ring (bicyclic) bond motifs is 1. The number of aromatic nitrogens is 2. The van der Waals surface area contributed by atoms with E-state index in [9.17, 15) is 9.59 Å². The molecule has 0 radical (unpaired) electrons. The molecule has 0 saturated carbocycles. The van der Waals surface area contributed by atoms with Gasteiger partial charge in [-0.2, -0.15) is 5.10 Å². The first kappa shape index (κ1) is 12.3. The maximum absolute atomic E-state index is 12.1. The molecule has 0 aliphatic heterocycles. The Morgan fingerprint density at radius 1 is 1.50 bits per heavy atom.